The molecule has 3 aromatic rings. The van der Waals surface area contributed by atoms with E-state index in [2.05, 4.69) is 10.6 Å². The number of nitrogens with one attached hydrogen (secondary N) is 2. The van der Waals surface area contributed by atoms with E-state index in [0.717, 1.165) is 5.56 Å². The molecule has 0 bridgehead atoms. The van der Waals surface area contributed by atoms with Crippen molar-refractivity contribution in [2.75, 3.05) is 24.7 Å². The highest BCUT2D eigenvalue weighted by Crippen LogP contribution is 2.42. The summed E-state index contributed by atoms with van der Waals surface area (Å²) < 4.78 is 1.79. The first-order valence-electron chi connectivity index (χ1n) is 9.63. The van der Waals surface area contributed by atoms with E-state index in [-0.39, 0.29) is 17.1 Å². The summed E-state index contributed by atoms with van der Waals surface area (Å²) in [6.45, 7) is 0.411. The third-order valence-electron chi connectivity index (χ3n) is 4.19. The number of phenolic OH excluding ortho intramolecular Hbond substituents is 1. The predicted molar refractivity (Wildman–Crippen MR) is 125 cm³/mol. The van der Waals surface area contributed by atoms with Crippen molar-refractivity contribution in [2.45, 2.75) is 30.7 Å². The summed E-state index contributed by atoms with van der Waals surface area (Å²) in [6, 6.07) is 12.7. The highest BCUT2D eigenvalue weighted by Gasteiger charge is 2.23. The summed E-state index contributed by atoms with van der Waals surface area (Å²) in [6.07, 6.45) is 4.50. The fraction of sp³-hybridized carbons (Fsp3) is 0.273. The van der Waals surface area contributed by atoms with E-state index < -0.39 is 10.9 Å². The Bertz CT molecular complexity index is 1070. The average Bonchev–Trinajstić information content (AvgIpc) is 3.61. The zero-order valence-electron chi connectivity index (χ0n) is 16.9. The number of benzene rings is 2. The third-order valence-corrected chi connectivity index (χ3v) is 5.58. The zero-order valence-corrected chi connectivity index (χ0v) is 18.4. The molecule has 3 N–H and O–H groups in total. The molecule has 0 saturated heterocycles. The molecule has 1 aliphatic rings. The molecule has 0 amide bonds. The van der Waals surface area contributed by atoms with Gasteiger partial charge >= 0.3 is 0 Å². The normalized spacial score (nSPS) is 12.4. The first kappa shape index (κ1) is 22.2. The lowest BCUT2D eigenvalue weighted by Crippen LogP contribution is -2.36. The van der Waals surface area contributed by atoms with E-state index in [1.54, 1.807) is 16.4 Å². The first-order chi connectivity index (χ1) is 14.4. The minimum atomic E-state index is -0.623. The molecular weight excluding hydrogens is 422 g/mol. The van der Waals surface area contributed by atoms with E-state index in [4.69, 9.17) is 11.6 Å². The van der Waals surface area contributed by atoms with Crippen molar-refractivity contribution in [3.05, 3.63) is 73.5 Å². The zero-order chi connectivity index (χ0) is 21.7. The van der Waals surface area contributed by atoms with Crippen molar-refractivity contribution in [3.8, 4) is 5.75 Å². The highest BCUT2D eigenvalue weighted by molar-refractivity contribution is 7.97. The minimum Gasteiger partial charge on any atom is -0.505 e. The summed E-state index contributed by atoms with van der Waals surface area (Å²) in [4.78, 5) is 24.4. The first-order valence-corrected chi connectivity index (χ1v) is 10.8. The van der Waals surface area contributed by atoms with Crippen molar-refractivity contribution < 1.29 is 5.11 Å². The van der Waals surface area contributed by atoms with Gasteiger partial charge in [0.25, 0.3) is 10.9 Å². The van der Waals surface area contributed by atoms with Crippen LogP contribution < -0.4 is 21.5 Å². The summed E-state index contributed by atoms with van der Waals surface area (Å²) in [5.74, 6) is -0.0803. The fourth-order valence-electron chi connectivity index (χ4n) is 2.52. The second-order valence-electron chi connectivity index (χ2n) is 7.11. The van der Waals surface area contributed by atoms with Gasteiger partial charge < -0.3 is 15.7 Å². The fourth-order valence-corrected chi connectivity index (χ4v) is 3.49. The van der Waals surface area contributed by atoms with Crippen molar-refractivity contribution in [1.29, 1.82) is 0 Å². The maximum Gasteiger partial charge on any atom is 0.253 e. The summed E-state index contributed by atoms with van der Waals surface area (Å²) in [7, 11) is 3.64. The van der Waals surface area contributed by atoms with Gasteiger partial charge in [0.05, 0.1) is 15.6 Å². The molecule has 30 heavy (non-hydrogen) atoms. The van der Waals surface area contributed by atoms with Gasteiger partial charge in [0, 0.05) is 6.54 Å². The van der Waals surface area contributed by atoms with Gasteiger partial charge in [-0.3, -0.25) is 13.9 Å². The van der Waals surface area contributed by atoms with Gasteiger partial charge in [0.1, 0.15) is 11.4 Å². The van der Waals surface area contributed by atoms with Crippen LogP contribution in [0.1, 0.15) is 24.8 Å². The molecule has 1 fully saturated rings. The topological polar surface area (TPSA) is 81.7 Å². The second-order valence-corrected chi connectivity index (χ2v) is 8.84. The Labute approximate surface area is 184 Å². The Morgan fingerprint density at radius 1 is 1.00 bits per heavy atom. The molecule has 0 spiro atoms. The molecule has 0 aromatic heterocycles. The number of hydrogen-bond acceptors (Lipinski definition) is 7. The van der Waals surface area contributed by atoms with E-state index in [1.807, 2.05) is 44.4 Å². The second kappa shape index (κ2) is 10.0. The number of hydrogen-bond donors (Lipinski definition) is 3. The van der Waals surface area contributed by atoms with Crippen molar-refractivity contribution in [2.24, 2.45) is 0 Å². The average molecular weight is 446 g/mol. The number of rotatable bonds is 7. The van der Waals surface area contributed by atoms with Gasteiger partial charge in [-0.1, -0.05) is 61.2 Å². The van der Waals surface area contributed by atoms with Gasteiger partial charge in [-0.15, -0.1) is 0 Å². The van der Waals surface area contributed by atoms with Gasteiger partial charge in [0.15, 0.2) is 5.75 Å². The van der Waals surface area contributed by atoms with Crippen LogP contribution in [0.3, 0.4) is 0 Å². The third kappa shape index (κ3) is 5.56. The molecule has 6 nitrogen and oxygen atoms in total. The Morgan fingerprint density at radius 2 is 1.63 bits per heavy atom. The van der Waals surface area contributed by atoms with Crippen LogP contribution in [0, 0.1) is 0 Å². The largest absolute Gasteiger partial charge is 0.505 e. The van der Waals surface area contributed by atoms with Crippen LogP contribution in [0.2, 0.25) is 5.02 Å². The van der Waals surface area contributed by atoms with E-state index in [1.165, 1.54) is 31.2 Å². The maximum atomic E-state index is 12.0. The monoisotopic (exact) mass is 445 g/mol. The lowest BCUT2D eigenvalue weighted by atomic mass is 10.1. The molecular formula is C22H24ClN3O3S. The molecule has 0 atom stereocenters. The Hall–Kier alpha value is -2.48. The van der Waals surface area contributed by atoms with E-state index >= 15 is 0 Å². The van der Waals surface area contributed by atoms with Crippen LogP contribution in [0.25, 0.3) is 0 Å². The summed E-state index contributed by atoms with van der Waals surface area (Å²) in [5, 5.41) is 16.7. The molecule has 1 aliphatic carbocycles. The lowest BCUT2D eigenvalue weighted by Gasteiger charge is -2.18. The van der Waals surface area contributed by atoms with Crippen LogP contribution in [0.4, 0.5) is 17.1 Å². The Kier molecular flexibility index (Phi) is 7.42. The van der Waals surface area contributed by atoms with Gasteiger partial charge in [-0.2, -0.15) is 0 Å². The van der Waals surface area contributed by atoms with Crippen molar-refractivity contribution >= 4 is 40.6 Å². The van der Waals surface area contributed by atoms with Crippen molar-refractivity contribution in [3.63, 3.8) is 0 Å². The smallest absolute Gasteiger partial charge is 0.253 e. The van der Waals surface area contributed by atoms with Crippen LogP contribution in [0.15, 0.2) is 56.9 Å². The van der Waals surface area contributed by atoms with Gasteiger partial charge in [-0.05, 0) is 43.7 Å². The Balaban J connectivity index is 0.000000782. The molecule has 158 valence electrons. The molecule has 0 heterocycles. The molecule has 8 heteroatoms. The molecule has 3 aromatic carbocycles. The lowest BCUT2D eigenvalue weighted by molar-refractivity contribution is 0.464. The standard InChI is InChI=1S/C19H18ClN3O3S.C3H6/c1-23(2)27-19-12(20)8-9-13(16(19)24)22-15-14(17(25)18(15)26)21-10-11-6-4-3-5-7-11;1-2-3-1/h3-9,21-22,24H,10H2,1-2H3;1-3H2. The van der Waals surface area contributed by atoms with Crippen LogP contribution in [-0.4, -0.2) is 23.5 Å². The summed E-state index contributed by atoms with van der Waals surface area (Å²) >= 11 is 7.40. The van der Waals surface area contributed by atoms with Gasteiger partial charge in [0.2, 0.25) is 0 Å². The van der Waals surface area contributed by atoms with Gasteiger partial charge in [-0.25, -0.2) is 0 Å². The van der Waals surface area contributed by atoms with Crippen molar-refractivity contribution in [1.82, 2.24) is 4.31 Å². The number of phenols is 1. The van der Waals surface area contributed by atoms with Crippen LogP contribution in [0.5, 0.6) is 5.75 Å². The maximum absolute atomic E-state index is 12.0. The number of anilines is 3. The highest BCUT2D eigenvalue weighted by atomic mass is 35.5. The Morgan fingerprint density at radius 3 is 2.23 bits per heavy atom. The molecule has 4 rings (SSSR count). The molecule has 1 saturated carbocycles. The van der Waals surface area contributed by atoms with E-state index in [9.17, 15) is 14.7 Å². The quantitative estimate of drug-likeness (QED) is 0.275. The molecule has 0 unspecified atom stereocenters. The van der Waals surface area contributed by atoms with E-state index in [0.29, 0.717) is 22.2 Å². The number of nitrogens with zero attached hydrogens (tertiary/aromatic N) is 1. The predicted octanol–water partition coefficient (Wildman–Crippen LogP) is 4.74. The van der Waals surface area contributed by atoms with Crippen LogP contribution >= 0.6 is 23.5 Å². The summed E-state index contributed by atoms with van der Waals surface area (Å²) in [5.41, 5.74) is 0.426. The number of halogens is 1. The number of aromatic hydroxyl groups is 1. The van der Waals surface area contributed by atoms with Crippen LogP contribution in [-0.2, 0) is 6.54 Å². The minimum absolute atomic E-state index is 0.0803. The SMILES string of the molecule is C1CC1.CN(C)Sc1c(Cl)ccc(Nc2c(NCc3ccccc3)c(=O)c2=O)c1O. The molecule has 0 aliphatic heterocycles. The molecule has 0 radical (unpaired) electrons.